The fraction of sp³-hybridized carbons (Fsp3) is 0.133. The van der Waals surface area contributed by atoms with E-state index in [0.717, 1.165) is 16.7 Å². The van der Waals surface area contributed by atoms with Crippen molar-refractivity contribution >= 4 is 45.1 Å². The highest BCUT2D eigenvalue weighted by Crippen LogP contribution is 2.24. The summed E-state index contributed by atoms with van der Waals surface area (Å²) in [7, 11) is -3.92. The third-order valence-corrected chi connectivity index (χ3v) is 8.21. The monoisotopic (exact) mass is 596 g/mol. The number of aliphatic carboxylic acids is 1. The second kappa shape index (κ2) is 12.7. The average molecular weight is 598 g/mol. The number of carbonyl (C=O) groups excluding carboxylic acids is 1. The molecule has 4 rings (SSSR count). The zero-order chi connectivity index (χ0) is 28.9. The van der Waals surface area contributed by atoms with Crippen molar-refractivity contribution in [2.45, 2.75) is 30.3 Å². The number of benzene rings is 4. The molecular formula is C30H26Cl2N2O5S. The maximum atomic E-state index is 12.8. The number of halogens is 2. The first-order valence-corrected chi connectivity index (χ1v) is 14.5. The Morgan fingerprint density at radius 2 is 1.40 bits per heavy atom. The molecule has 0 aliphatic carbocycles. The van der Waals surface area contributed by atoms with Gasteiger partial charge in [-0.1, -0.05) is 89.9 Å². The molecule has 206 valence electrons. The highest BCUT2D eigenvalue weighted by atomic mass is 35.5. The summed E-state index contributed by atoms with van der Waals surface area (Å²) in [4.78, 5) is 24.7. The lowest BCUT2D eigenvalue weighted by atomic mass is 10.0. The Morgan fingerprint density at radius 1 is 0.825 bits per heavy atom. The Hall–Kier alpha value is -3.69. The number of hydrogen-bond acceptors (Lipinski definition) is 4. The van der Waals surface area contributed by atoms with Crippen molar-refractivity contribution in [3.05, 3.63) is 124 Å². The van der Waals surface area contributed by atoms with Crippen LogP contribution in [0.25, 0.3) is 11.1 Å². The van der Waals surface area contributed by atoms with Crippen LogP contribution in [0.2, 0.25) is 10.0 Å². The summed E-state index contributed by atoms with van der Waals surface area (Å²) in [6.45, 7) is 1.66. The van der Waals surface area contributed by atoms with Crippen LogP contribution < -0.4 is 10.0 Å². The number of rotatable bonds is 10. The molecule has 7 nitrogen and oxygen atoms in total. The maximum Gasteiger partial charge on any atom is 0.326 e. The molecule has 0 aliphatic heterocycles. The zero-order valence-corrected chi connectivity index (χ0v) is 23.7. The van der Waals surface area contributed by atoms with E-state index in [0.29, 0.717) is 5.56 Å². The van der Waals surface area contributed by atoms with Gasteiger partial charge in [-0.2, -0.15) is 0 Å². The number of hydrogen-bond donors (Lipinski definition) is 3. The Morgan fingerprint density at radius 3 is 1.98 bits per heavy atom. The third kappa shape index (κ3) is 7.49. The van der Waals surface area contributed by atoms with Crippen LogP contribution >= 0.6 is 23.2 Å². The molecule has 1 unspecified atom stereocenters. The second-order valence-corrected chi connectivity index (χ2v) is 11.8. The first-order chi connectivity index (χ1) is 19.0. The van der Waals surface area contributed by atoms with Crippen molar-refractivity contribution in [2.24, 2.45) is 0 Å². The van der Waals surface area contributed by atoms with Crippen LogP contribution in [-0.2, 0) is 21.2 Å². The molecule has 4 aromatic carbocycles. The Kier molecular flexibility index (Phi) is 9.27. The van der Waals surface area contributed by atoms with Crippen LogP contribution in [0.3, 0.4) is 0 Å². The van der Waals surface area contributed by atoms with E-state index in [2.05, 4.69) is 10.0 Å². The predicted octanol–water partition coefficient (Wildman–Crippen LogP) is 6.13. The van der Waals surface area contributed by atoms with Gasteiger partial charge in [0.25, 0.3) is 5.91 Å². The molecule has 3 N–H and O–H groups in total. The molecule has 0 radical (unpaired) electrons. The van der Waals surface area contributed by atoms with Gasteiger partial charge in [-0.05, 0) is 59.5 Å². The molecule has 2 atom stereocenters. The fourth-order valence-electron chi connectivity index (χ4n) is 4.12. The van der Waals surface area contributed by atoms with Gasteiger partial charge in [-0.15, -0.1) is 0 Å². The quantitative estimate of drug-likeness (QED) is 0.204. The summed E-state index contributed by atoms with van der Waals surface area (Å²) in [5.74, 6) is -1.71. The molecule has 1 amide bonds. The highest BCUT2D eigenvalue weighted by Gasteiger charge is 2.23. The number of amides is 1. The number of nitrogens with one attached hydrogen (secondary N) is 2. The van der Waals surface area contributed by atoms with Gasteiger partial charge >= 0.3 is 5.97 Å². The molecule has 0 spiro atoms. The fourth-order valence-corrected chi connectivity index (χ4v) is 6.07. The maximum absolute atomic E-state index is 12.8. The van der Waals surface area contributed by atoms with Crippen molar-refractivity contribution in [3.8, 4) is 11.1 Å². The lowest BCUT2D eigenvalue weighted by Gasteiger charge is -2.17. The largest absolute Gasteiger partial charge is 0.480 e. The lowest BCUT2D eigenvalue weighted by Crippen LogP contribution is -2.42. The van der Waals surface area contributed by atoms with Crippen LogP contribution in [0.1, 0.15) is 34.5 Å². The number of sulfonamides is 1. The minimum Gasteiger partial charge on any atom is -0.480 e. The topological polar surface area (TPSA) is 113 Å². The smallest absolute Gasteiger partial charge is 0.326 e. The van der Waals surface area contributed by atoms with E-state index in [1.54, 1.807) is 19.1 Å². The van der Waals surface area contributed by atoms with E-state index in [-0.39, 0.29) is 26.9 Å². The van der Waals surface area contributed by atoms with E-state index in [1.165, 1.54) is 30.3 Å². The predicted molar refractivity (Wildman–Crippen MR) is 156 cm³/mol. The molecule has 0 fully saturated rings. The van der Waals surface area contributed by atoms with Gasteiger partial charge in [0.05, 0.1) is 4.90 Å². The van der Waals surface area contributed by atoms with Gasteiger partial charge in [0, 0.05) is 28.1 Å². The molecule has 40 heavy (non-hydrogen) atoms. The van der Waals surface area contributed by atoms with Crippen molar-refractivity contribution in [2.75, 3.05) is 0 Å². The number of carboxylic acids is 1. The minimum absolute atomic E-state index is 0.0673. The molecule has 0 saturated heterocycles. The standard InChI is InChI=1S/C30H26Cl2N2O5S/c1-19(34-40(38,39)27-17-25(31)16-26(32)18-27)21-11-13-24(14-12-21)29(35)33-28(30(36)37)15-20-7-9-23(10-8-20)22-5-3-2-4-6-22/h2-14,16-19,28,34H,15H2,1H3,(H,33,35)(H,36,37)/t19?,28-/m0/s1. The number of carbonyl (C=O) groups is 2. The van der Waals surface area contributed by atoms with Gasteiger partial charge in [0.1, 0.15) is 6.04 Å². The van der Waals surface area contributed by atoms with Crippen molar-refractivity contribution in [1.29, 1.82) is 0 Å². The first-order valence-electron chi connectivity index (χ1n) is 12.3. The summed E-state index contributed by atoms with van der Waals surface area (Å²) < 4.78 is 28.1. The van der Waals surface area contributed by atoms with Gasteiger partial charge in [0.2, 0.25) is 10.0 Å². The van der Waals surface area contributed by atoms with E-state index in [4.69, 9.17) is 23.2 Å². The zero-order valence-electron chi connectivity index (χ0n) is 21.3. The third-order valence-electron chi connectivity index (χ3n) is 6.26. The molecular weight excluding hydrogens is 571 g/mol. The molecule has 0 saturated carbocycles. The Labute approximate surface area is 242 Å². The SMILES string of the molecule is CC(NS(=O)(=O)c1cc(Cl)cc(Cl)c1)c1ccc(C(=O)N[C@@H](Cc2ccc(-c3ccccc3)cc2)C(=O)O)cc1. The number of carboxylic acid groups (broad SMARTS) is 1. The van der Waals surface area contributed by atoms with Crippen LogP contribution in [-0.4, -0.2) is 31.4 Å². The van der Waals surface area contributed by atoms with E-state index in [9.17, 15) is 23.1 Å². The van der Waals surface area contributed by atoms with Crippen LogP contribution in [0.15, 0.2) is 102 Å². The van der Waals surface area contributed by atoms with Gasteiger partial charge in [0.15, 0.2) is 0 Å². The normalized spacial score (nSPS) is 12.9. The molecule has 10 heteroatoms. The molecule has 0 heterocycles. The van der Waals surface area contributed by atoms with Crippen LogP contribution in [0.4, 0.5) is 0 Å². The summed E-state index contributed by atoms with van der Waals surface area (Å²) in [6.07, 6.45) is 0.112. The first kappa shape index (κ1) is 29.3. The Bertz CT molecular complexity index is 1590. The summed E-state index contributed by atoms with van der Waals surface area (Å²) in [6, 6.07) is 25.8. The minimum atomic E-state index is -3.92. The van der Waals surface area contributed by atoms with Crippen molar-refractivity contribution in [3.63, 3.8) is 0 Å². The molecule has 0 aromatic heterocycles. The van der Waals surface area contributed by atoms with E-state index in [1.807, 2.05) is 54.6 Å². The highest BCUT2D eigenvalue weighted by molar-refractivity contribution is 7.89. The second-order valence-electron chi connectivity index (χ2n) is 9.20. The van der Waals surface area contributed by atoms with Gasteiger partial charge in [-0.3, -0.25) is 4.79 Å². The summed E-state index contributed by atoms with van der Waals surface area (Å²) in [5.41, 5.74) is 3.67. The van der Waals surface area contributed by atoms with Crippen molar-refractivity contribution < 1.29 is 23.1 Å². The molecule has 4 aromatic rings. The summed E-state index contributed by atoms with van der Waals surface area (Å²) >= 11 is 11.9. The molecule has 0 aliphatic rings. The van der Waals surface area contributed by atoms with Crippen LogP contribution in [0, 0.1) is 0 Å². The van der Waals surface area contributed by atoms with E-state index < -0.39 is 34.0 Å². The summed E-state index contributed by atoms with van der Waals surface area (Å²) in [5, 5.41) is 12.7. The van der Waals surface area contributed by atoms with Crippen molar-refractivity contribution in [1.82, 2.24) is 10.0 Å². The van der Waals surface area contributed by atoms with Gasteiger partial charge in [-0.25, -0.2) is 17.9 Å². The average Bonchev–Trinajstić information content (AvgIpc) is 2.93. The molecule has 0 bridgehead atoms. The van der Waals surface area contributed by atoms with E-state index >= 15 is 0 Å². The Balaban J connectivity index is 1.40. The lowest BCUT2D eigenvalue weighted by molar-refractivity contribution is -0.139. The van der Waals surface area contributed by atoms with Crippen LogP contribution in [0.5, 0.6) is 0 Å². The van der Waals surface area contributed by atoms with Gasteiger partial charge < -0.3 is 10.4 Å².